The zero-order chi connectivity index (χ0) is 20.3. The molecule has 1 fully saturated rings. The normalized spacial score (nSPS) is 17.5. The van der Waals surface area contributed by atoms with Gasteiger partial charge in [0.25, 0.3) is 0 Å². The molecule has 1 heterocycles. The third-order valence-electron chi connectivity index (χ3n) is 4.96. The van der Waals surface area contributed by atoms with E-state index < -0.39 is 16.0 Å². The summed E-state index contributed by atoms with van der Waals surface area (Å²) in [6.07, 6.45) is 1.57. The average molecular weight is 404 g/mol. The Morgan fingerprint density at radius 3 is 2.50 bits per heavy atom. The van der Waals surface area contributed by atoms with Crippen molar-refractivity contribution < 1.29 is 22.7 Å². The molecular weight excluding hydrogens is 378 g/mol. The van der Waals surface area contributed by atoms with Crippen LogP contribution in [0.1, 0.15) is 47.3 Å². The van der Waals surface area contributed by atoms with E-state index in [0.717, 1.165) is 24.2 Å². The van der Waals surface area contributed by atoms with Gasteiger partial charge in [-0.2, -0.15) is 4.31 Å². The summed E-state index contributed by atoms with van der Waals surface area (Å²) in [4.78, 5) is 11.9. The summed E-state index contributed by atoms with van der Waals surface area (Å²) in [6.45, 7) is 4.68. The summed E-state index contributed by atoms with van der Waals surface area (Å²) in [6, 6.07) is 11.9. The maximum absolute atomic E-state index is 13.3. The topological polar surface area (TPSA) is 72.9 Å². The molecule has 0 radical (unpaired) electrons. The van der Waals surface area contributed by atoms with E-state index in [9.17, 15) is 13.2 Å². The first kappa shape index (κ1) is 20.4. The molecule has 0 spiro atoms. The van der Waals surface area contributed by atoms with Crippen molar-refractivity contribution in [3.8, 4) is 5.75 Å². The standard InChI is InChI=1S/C21H25NO5S/c1-4-27-18-10-7-16(8-11-18)19-6-5-13-22(19)28(24,25)20-12-9-17(14-15(20)2)21(23)26-3/h7-12,14,19H,4-6,13H2,1-3H3. The van der Waals surface area contributed by atoms with Crippen molar-refractivity contribution in [3.05, 3.63) is 59.2 Å². The van der Waals surface area contributed by atoms with Crippen LogP contribution in [0.15, 0.2) is 47.4 Å². The lowest BCUT2D eigenvalue weighted by Crippen LogP contribution is -2.31. The third kappa shape index (κ3) is 3.91. The van der Waals surface area contributed by atoms with E-state index in [-0.39, 0.29) is 10.9 Å². The first-order chi connectivity index (χ1) is 13.4. The number of carbonyl (C=O) groups excluding carboxylic acids is 1. The molecule has 0 bridgehead atoms. The largest absolute Gasteiger partial charge is 0.494 e. The van der Waals surface area contributed by atoms with Gasteiger partial charge in [0.15, 0.2) is 0 Å². The van der Waals surface area contributed by atoms with E-state index in [1.165, 1.54) is 19.2 Å². The first-order valence-electron chi connectivity index (χ1n) is 9.32. The van der Waals surface area contributed by atoms with Crippen molar-refractivity contribution in [1.82, 2.24) is 4.31 Å². The number of aryl methyl sites for hydroxylation is 1. The maximum Gasteiger partial charge on any atom is 0.337 e. The molecule has 1 aliphatic heterocycles. The Balaban J connectivity index is 1.91. The molecule has 0 N–H and O–H groups in total. The highest BCUT2D eigenvalue weighted by atomic mass is 32.2. The molecule has 1 atom stereocenters. The summed E-state index contributed by atoms with van der Waals surface area (Å²) in [7, 11) is -2.39. The van der Waals surface area contributed by atoms with Crippen LogP contribution in [0, 0.1) is 6.92 Å². The van der Waals surface area contributed by atoms with Crippen molar-refractivity contribution >= 4 is 16.0 Å². The Hall–Kier alpha value is -2.38. The van der Waals surface area contributed by atoms with Gasteiger partial charge in [0.1, 0.15) is 5.75 Å². The van der Waals surface area contributed by atoms with Crippen molar-refractivity contribution in [2.45, 2.75) is 37.6 Å². The second-order valence-electron chi connectivity index (χ2n) is 6.75. The minimum atomic E-state index is -3.69. The van der Waals surface area contributed by atoms with E-state index in [2.05, 4.69) is 0 Å². The van der Waals surface area contributed by atoms with Crippen LogP contribution in [0.4, 0.5) is 0 Å². The van der Waals surface area contributed by atoms with Crippen molar-refractivity contribution in [2.75, 3.05) is 20.3 Å². The smallest absolute Gasteiger partial charge is 0.337 e. The van der Waals surface area contributed by atoms with E-state index >= 15 is 0 Å². The van der Waals surface area contributed by atoms with Gasteiger partial charge < -0.3 is 9.47 Å². The second-order valence-corrected chi connectivity index (χ2v) is 8.61. The number of hydrogen-bond acceptors (Lipinski definition) is 5. The fourth-order valence-electron chi connectivity index (χ4n) is 3.62. The molecule has 2 aromatic rings. The molecule has 2 aromatic carbocycles. The molecule has 0 aliphatic carbocycles. The molecule has 1 saturated heterocycles. The SMILES string of the molecule is CCOc1ccc(C2CCCN2S(=O)(=O)c2ccc(C(=O)OC)cc2C)cc1. The third-order valence-corrected chi connectivity index (χ3v) is 7.03. The lowest BCUT2D eigenvalue weighted by molar-refractivity contribution is 0.0600. The van der Waals surface area contributed by atoms with Gasteiger partial charge >= 0.3 is 5.97 Å². The molecule has 6 nitrogen and oxygen atoms in total. The molecule has 3 rings (SSSR count). The van der Waals surface area contributed by atoms with Crippen molar-refractivity contribution in [1.29, 1.82) is 0 Å². The monoisotopic (exact) mass is 403 g/mol. The molecule has 0 saturated carbocycles. The molecule has 150 valence electrons. The van der Waals surface area contributed by atoms with Crippen LogP contribution in [-0.2, 0) is 14.8 Å². The average Bonchev–Trinajstić information content (AvgIpc) is 3.18. The van der Waals surface area contributed by atoms with E-state index in [4.69, 9.17) is 9.47 Å². The van der Waals surface area contributed by atoms with Crippen molar-refractivity contribution in [2.24, 2.45) is 0 Å². The minimum Gasteiger partial charge on any atom is -0.494 e. The zero-order valence-electron chi connectivity index (χ0n) is 16.3. The lowest BCUT2D eigenvalue weighted by atomic mass is 10.1. The van der Waals surface area contributed by atoms with Crippen LogP contribution in [-0.4, -0.2) is 39.0 Å². The number of hydrogen-bond donors (Lipinski definition) is 0. The highest BCUT2D eigenvalue weighted by Crippen LogP contribution is 2.37. The lowest BCUT2D eigenvalue weighted by Gasteiger charge is -2.25. The first-order valence-corrected chi connectivity index (χ1v) is 10.8. The quantitative estimate of drug-likeness (QED) is 0.688. The molecule has 0 amide bonds. The van der Waals surface area contributed by atoms with E-state index in [0.29, 0.717) is 24.3 Å². The van der Waals surface area contributed by atoms with Gasteiger partial charge in [-0.05, 0) is 68.1 Å². The van der Waals surface area contributed by atoms with Crippen LogP contribution in [0.25, 0.3) is 0 Å². The van der Waals surface area contributed by atoms with Gasteiger partial charge in [0, 0.05) is 6.54 Å². The Kier molecular flexibility index (Phi) is 6.05. The summed E-state index contributed by atoms with van der Waals surface area (Å²) < 4.78 is 38.4. The van der Waals surface area contributed by atoms with Gasteiger partial charge in [0.05, 0.1) is 30.2 Å². The number of carbonyl (C=O) groups is 1. The Morgan fingerprint density at radius 1 is 1.18 bits per heavy atom. The molecule has 1 aliphatic rings. The predicted octanol–water partition coefficient (Wildman–Crippen LogP) is 3.71. The van der Waals surface area contributed by atoms with Gasteiger partial charge in [-0.25, -0.2) is 13.2 Å². The number of ether oxygens (including phenoxy) is 2. The van der Waals surface area contributed by atoms with Crippen molar-refractivity contribution in [3.63, 3.8) is 0 Å². The maximum atomic E-state index is 13.3. The van der Waals surface area contributed by atoms with Gasteiger partial charge in [-0.3, -0.25) is 0 Å². The summed E-state index contributed by atoms with van der Waals surface area (Å²) in [5.74, 6) is 0.286. The van der Waals surface area contributed by atoms with Crippen LogP contribution in [0.3, 0.4) is 0 Å². The number of sulfonamides is 1. The molecule has 1 unspecified atom stereocenters. The second kappa shape index (κ2) is 8.32. The van der Waals surface area contributed by atoms with Gasteiger partial charge in [-0.1, -0.05) is 12.1 Å². The van der Waals surface area contributed by atoms with Gasteiger partial charge in [-0.15, -0.1) is 0 Å². The van der Waals surface area contributed by atoms with E-state index in [1.54, 1.807) is 17.3 Å². The van der Waals surface area contributed by atoms with Gasteiger partial charge in [0.2, 0.25) is 10.0 Å². The number of esters is 1. The number of nitrogens with zero attached hydrogens (tertiary/aromatic N) is 1. The molecule has 0 aromatic heterocycles. The van der Waals surface area contributed by atoms with Crippen LogP contribution >= 0.6 is 0 Å². The van der Waals surface area contributed by atoms with Crippen LogP contribution in [0.2, 0.25) is 0 Å². The number of methoxy groups -OCH3 is 1. The fraction of sp³-hybridized carbons (Fsp3) is 0.381. The highest BCUT2D eigenvalue weighted by molar-refractivity contribution is 7.89. The minimum absolute atomic E-state index is 0.208. The van der Waals surface area contributed by atoms with Crippen LogP contribution in [0.5, 0.6) is 5.75 Å². The summed E-state index contributed by atoms with van der Waals surface area (Å²) >= 11 is 0. The van der Waals surface area contributed by atoms with E-state index in [1.807, 2.05) is 31.2 Å². The molecular formula is C21H25NO5S. The summed E-state index contributed by atoms with van der Waals surface area (Å²) in [5.41, 5.74) is 1.82. The number of benzene rings is 2. The molecule has 28 heavy (non-hydrogen) atoms. The highest BCUT2D eigenvalue weighted by Gasteiger charge is 2.37. The predicted molar refractivity (Wildman–Crippen MR) is 106 cm³/mol. The van der Waals surface area contributed by atoms with Crippen LogP contribution < -0.4 is 4.74 Å². The molecule has 7 heteroatoms. The number of rotatable bonds is 6. The summed E-state index contributed by atoms with van der Waals surface area (Å²) in [5, 5.41) is 0. The Morgan fingerprint density at radius 2 is 1.89 bits per heavy atom. The fourth-order valence-corrected chi connectivity index (χ4v) is 5.51. The zero-order valence-corrected chi connectivity index (χ0v) is 17.2. The Bertz CT molecular complexity index is 953. The Labute approximate surface area is 166 Å².